The standard InChI is InChI=1S/C17H16ClNOS/c1-11-3-4-13(9-12(11)2)17(20)19-7-8-21-16-6-5-14(18)10-15(16)19/h3-6,9-10H,7-8H2,1-2H3. The number of nitrogens with zero attached hydrogens (tertiary/aromatic N) is 1. The van der Waals surface area contributed by atoms with E-state index in [9.17, 15) is 4.79 Å². The predicted molar refractivity (Wildman–Crippen MR) is 89.8 cm³/mol. The van der Waals surface area contributed by atoms with Crippen LogP contribution in [0, 0.1) is 13.8 Å². The maximum atomic E-state index is 12.8. The minimum absolute atomic E-state index is 0.0434. The van der Waals surface area contributed by atoms with Crippen LogP contribution in [0.3, 0.4) is 0 Å². The highest BCUT2D eigenvalue weighted by atomic mass is 35.5. The van der Waals surface area contributed by atoms with Crippen LogP contribution in [0.25, 0.3) is 0 Å². The van der Waals surface area contributed by atoms with Crippen molar-refractivity contribution < 1.29 is 4.79 Å². The lowest BCUT2D eigenvalue weighted by atomic mass is 10.1. The number of anilines is 1. The third kappa shape index (κ3) is 2.81. The van der Waals surface area contributed by atoms with Gasteiger partial charge < -0.3 is 4.90 Å². The Kier molecular flexibility index (Phi) is 3.96. The van der Waals surface area contributed by atoms with Crippen molar-refractivity contribution >= 4 is 35.0 Å². The van der Waals surface area contributed by atoms with E-state index in [0.717, 1.165) is 27.5 Å². The molecule has 0 saturated carbocycles. The summed E-state index contributed by atoms with van der Waals surface area (Å²) in [6.45, 7) is 4.79. The second-order valence-corrected chi connectivity index (χ2v) is 6.79. The molecule has 1 heterocycles. The molecule has 2 aromatic rings. The van der Waals surface area contributed by atoms with Gasteiger partial charge in [-0.15, -0.1) is 11.8 Å². The van der Waals surface area contributed by atoms with E-state index in [-0.39, 0.29) is 5.91 Å². The zero-order chi connectivity index (χ0) is 15.0. The summed E-state index contributed by atoms with van der Waals surface area (Å²) < 4.78 is 0. The highest BCUT2D eigenvalue weighted by Gasteiger charge is 2.24. The van der Waals surface area contributed by atoms with Crippen LogP contribution in [0.15, 0.2) is 41.3 Å². The van der Waals surface area contributed by atoms with E-state index in [1.165, 1.54) is 5.56 Å². The lowest BCUT2D eigenvalue weighted by molar-refractivity contribution is 0.0987. The number of thioether (sulfide) groups is 1. The predicted octanol–water partition coefficient (Wildman–Crippen LogP) is 4.71. The number of carbonyl (C=O) groups excluding carboxylic acids is 1. The van der Waals surface area contributed by atoms with Crippen LogP contribution in [0.4, 0.5) is 5.69 Å². The van der Waals surface area contributed by atoms with Crippen LogP contribution in [-0.2, 0) is 0 Å². The Morgan fingerprint density at radius 1 is 1.14 bits per heavy atom. The monoisotopic (exact) mass is 317 g/mol. The smallest absolute Gasteiger partial charge is 0.258 e. The number of fused-ring (bicyclic) bond motifs is 1. The van der Waals surface area contributed by atoms with Crippen molar-refractivity contribution in [1.82, 2.24) is 0 Å². The molecule has 0 radical (unpaired) electrons. The average Bonchev–Trinajstić information content (AvgIpc) is 2.48. The molecule has 0 bridgehead atoms. The van der Waals surface area contributed by atoms with Gasteiger partial charge in [-0.2, -0.15) is 0 Å². The molecule has 4 heteroatoms. The average molecular weight is 318 g/mol. The van der Waals surface area contributed by atoms with Crippen LogP contribution in [0.5, 0.6) is 0 Å². The second-order valence-electron chi connectivity index (χ2n) is 5.22. The van der Waals surface area contributed by atoms with E-state index in [4.69, 9.17) is 11.6 Å². The Balaban J connectivity index is 1.99. The first kappa shape index (κ1) is 14.5. The van der Waals surface area contributed by atoms with Crippen molar-refractivity contribution in [2.45, 2.75) is 18.7 Å². The number of hydrogen-bond donors (Lipinski definition) is 0. The van der Waals surface area contributed by atoms with Crippen molar-refractivity contribution in [3.8, 4) is 0 Å². The number of hydrogen-bond acceptors (Lipinski definition) is 2. The minimum Gasteiger partial charge on any atom is -0.306 e. The zero-order valence-electron chi connectivity index (χ0n) is 12.0. The number of benzene rings is 2. The molecular weight excluding hydrogens is 302 g/mol. The Bertz CT molecular complexity index is 714. The van der Waals surface area contributed by atoms with Crippen molar-refractivity contribution in [3.05, 3.63) is 58.1 Å². The van der Waals surface area contributed by atoms with Crippen molar-refractivity contribution in [2.75, 3.05) is 17.2 Å². The van der Waals surface area contributed by atoms with Gasteiger partial charge in [-0.1, -0.05) is 17.7 Å². The fraction of sp³-hybridized carbons (Fsp3) is 0.235. The van der Waals surface area contributed by atoms with Crippen molar-refractivity contribution in [2.24, 2.45) is 0 Å². The Hall–Kier alpha value is -1.45. The Labute approximate surface area is 134 Å². The fourth-order valence-electron chi connectivity index (χ4n) is 2.43. The molecule has 0 aliphatic carbocycles. The summed E-state index contributed by atoms with van der Waals surface area (Å²) in [7, 11) is 0. The summed E-state index contributed by atoms with van der Waals surface area (Å²) >= 11 is 7.86. The molecule has 0 fully saturated rings. The summed E-state index contributed by atoms with van der Waals surface area (Å²) in [5.41, 5.74) is 3.99. The van der Waals surface area contributed by atoms with E-state index in [1.54, 1.807) is 11.8 Å². The number of rotatable bonds is 1. The van der Waals surface area contributed by atoms with Crippen LogP contribution in [0.1, 0.15) is 21.5 Å². The summed E-state index contributed by atoms with van der Waals surface area (Å²) in [5.74, 6) is 0.951. The first-order chi connectivity index (χ1) is 10.1. The van der Waals surface area contributed by atoms with Gasteiger partial charge in [-0.3, -0.25) is 4.79 Å². The maximum Gasteiger partial charge on any atom is 0.258 e. The minimum atomic E-state index is 0.0434. The fourth-order valence-corrected chi connectivity index (χ4v) is 3.57. The van der Waals surface area contributed by atoms with Gasteiger partial charge >= 0.3 is 0 Å². The summed E-state index contributed by atoms with van der Waals surface area (Å²) in [5, 5.41) is 0.661. The largest absolute Gasteiger partial charge is 0.306 e. The van der Waals surface area contributed by atoms with Crippen LogP contribution in [0.2, 0.25) is 5.02 Å². The molecule has 0 unspecified atom stereocenters. The van der Waals surface area contributed by atoms with E-state index < -0.39 is 0 Å². The normalized spacial score (nSPS) is 14.0. The molecule has 2 aromatic carbocycles. The molecule has 1 aliphatic rings. The first-order valence-electron chi connectivity index (χ1n) is 6.88. The molecule has 0 aromatic heterocycles. The van der Waals surface area contributed by atoms with Gasteiger partial charge in [0.05, 0.1) is 5.69 Å². The second kappa shape index (κ2) is 5.74. The van der Waals surface area contributed by atoms with E-state index >= 15 is 0 Å². The molecule has 1 amide bonds. The zero-order valence-corrected chi connectivity index (χ0v) is 13.6. The Morgan fingerprint density at radius 2 is 1.95 bits per heavy atom. The highest BCUT2D eigenvalue weighted by Crippen LogP contribution is 2.37. The molecule has 1 aliphatic heterocycles. The summed E-state index contributed by atoms with van der Waals surface area (Å²) in [4.78, 5) is 15.8. The number of amides is 1. The molecule has 2 nitrogen and oxygen atoms in total. The van der Waals surface area contributed by atoms with Crippen LogP contribution >= 0.6 is 23.4 Å². The van der Waals surface area contributed by atoms with E-state index in [2.05, 4.69) is 6.92 Å². The van der Waals surface area contributed by atoms with Crippen molar-refractivity contribution in [1.29, 1.82) is 0 Å². The number of aryl methyl sites for hydroxylation is 2. The van der Waals surface area contributed by atoms with Crippen LogP contribution < -0.4 is 4.90 Å². The third-order valence-electron chi connectivity index (χ3n) is 3.78. The number of carbonyl (C=O) groups is 1. The quantitative estimate of drug-likeness (QED) is 0.759. The van der Waals surface area contributed by atoms with Gasteiger partial charge in [0, 0.05) is 27.8 Å². The molecule has 21 heavy (non-hydrogen) atoms. The number of halogens is 1. The summed E-state index contributed by atoms with van der Waals surface area (Å²) in [6, 6.07) is 11.6. The third-order valence-corrected chi connectivity index (χ3v) is 5.06. The molecule has 108 valence electrons. The molecule has 3 rings (SSSR count). The topological polar surface area (TPSA) is 20.3 Å². The maximum absolute atomic E-state index is 12.8. The van der Waals surface area contributed by atoms with Gasteiger partial charge in [0.2, 0.25) is 0 Å². The molecule has 0 saturated heterocycles. The van der Waals surface area contributed by atoms with Gasteiger partial charge in [0.15, 0.2) is 0 Å². The van der Waals surface area contributed by atoms with Gasteiger partial charge in [0.25, 0.3) is 5.91 Å². The molecular formula is C17H16ClNOS. The molecule has 0 spiro atoms. The first-order valence-corrected chi connectivity index (χ1v) is 8.24. The Morgan fingerprint density at radius 3 is 2.71 bits per heavy atom. The lowest BCUT2D eigenvalue weighted by Crippen LogP contribution is -2.35. The van der Waals surface area contributed by atoms with E-state index in [1.807, 2.05) is 48.2 Å². The van der Waals surface area contributed by atoms with Crippen molar-refractivity contribution in [3.63, 3.8) is 0 Å². The SMILES string of the molecule is Cc1ccc(C(=O)N2CCSc3ccc(Cl)cc32)cc1C. The lowest BCUT2D eigenvalue weighted by Gasteiger charge is -2.29. The van der Waals surface area contributed by atoms with Gasteiger partial charge in [-0.25, -0.2) is 0 Å². The van der Waals surface area contributed by atoms with Gasteiger partial charge in [0.1, 0.15) is 0 Å². The highest BCUT2D eigenvalue weighted by molar-refractivity contribution is 7.99. The summed E-state index contributed by atoms with van der Waals surface area (Å²) in [6.07, 6.45) is 0. The molecule has 0 atom stereocenters. The van der Waals surface area contributed by atoms with E-state index in [0.29, 0.717) is 11.6 Å². The van der Waals surface area contributed by atoms with Gasteiger partial charge in [-0.05, 0) is 55.3 Å². The molecule has 0 N–H and O–H groups in total. The van der Waals surface area contributed by atoms with Crippen LogP contribution in [-0.4, -0.2) is 18.2 Å².